The van der Waals surface area contributed by atoms with E-state index in [-0.39, 0.29) is 0 Å². The number of hydrogen-bond donors (Lipinski definition) is 1. The molecule has 0 spiro atoms. The molecule has 0 aliphatic heterocycles. The molecule has 1 N–H and O–H groups in total. The Morgan fingerprint density at radius 2 is 2.06 bits per heavy atom. The minimum absolute atomic E-state index is 0.710. The van der Waals surface area contributed by atoms with Gasteiger partial charge in [0, 0.05) is 24.1 Å². The SMILES string of the molecule is CCNCc1ccc(CN(C)CC(C)C)c(Br)c1. The second-order valence-electron chi connectivity index (χ2n) is 5.30. The van der Waals surface area contributed by atoms with E-state index in [1.807, 2.05) is 0 Å². The highest BCUT2D eigenvalue weighted by Crippen LogP contribution is 2.20. The second-order valence-corrected chi connectivity index (χ2v) is 6.15. The van der Waals surface area contributed by atoms with Crippen LogP contribution in [0.2, 0.25) is 0 Å². The first kappa shape index (κ1) is 15.7. The lowest BCUT2D eigenvalue weighted by atomic mass is 10.1. The molecule has 2 nitrogen and oxygen atoms in total. The summed E-state index contributed by atoms with van der Waals surface area (Å²) >= 11 is 3.68. The molecule has 3 heteroatoms. The largest absolute Gasteiger partial charge is 0.313 e. The van der Waals surface area contributed by atoms with Crippen molar-refractivity contribution in [1.82, 2.24) is 10.2 Å². The third-order valence-electron chi connectivity index (χ3n) is 2.81. The monoisotopic (exact) mass is 312 g/mol. The predicted octanol–water partition coefficient (Wildman–Crippen LogP) is 3.65. The first-order valence-corrected chi connectivity index (χ1v) is 7.48. The molecule has 0 saturated carbocycles. The Morgan fingerprint density at radius 1 is 1.33 bits per heavy atom. The zero-order valence-corrected chi connectivity index (χ0v) is 13.5. The average molecular weight is 313 g/mol. The zero-order chi connectivity index (χ0) is 13.5. The first-order valence-electron chi connectivity index (χ1n) is 6.69. The lowest BCUT2D eigenvalue weighted by Gasteiger charge is -2.20. The van der Waals surface area contributed by atoms with Gasteiger partial charge in [0.2, 0.25) is 0 Å². The Kier molecular flexibility index (Phi) is 6.90. The van der Waals surface area contributed by atoms with E-state index in [1.165, 1.54) is 15.6 Å². The van der Waals surface area contributed by atoms with Crippen molar-refractivity contribution in [1.29, 1.82) is 0 Å². The highest BCUT2D eigenvalue weighted by Gasteiger charge is 2.06. The van der Waals surface area contributed by atoms with E-state index in [1.54, 1.807) is 0 Å². The maximum absolute atomic E-state index is 3.68. The summed E-state index contributed by atoms with van der Waals surface area (Å²) in [5, 5.41) is 3.35. The molecule has 1 rings (SSSR count). The zero-order valence-electron chi connectivity index (χ0n) is 12.0. The van der Waals surface area contributed by atoms with Crippen LogP contribution in [0.5, 0.6) is 0 Å². The number of rotatable bonds is 7. The smallest absolute Gasteiger partial charge is 0.0242 e. The summed E-state index contributed by atoms with van der Waals surface area (Å²) in [7, 11) is 2.18. The van der Waals surface area contributed by atoms with Crippen LogP contribution in [-0.2, 0) is 13.1 Å². The van der Waals surface area contributed by atoms with Gasteiger partial charge in [0.15, 0.2) is 0 Å². The molecular weight excluding hydrogens is 288 g/mol. The molecular formula is C15H25BrN2. The van der Waals surface area contributed by atoms with Gasteiger partial charge in [-0.3, -0.25) is 0 Å². The van der Waals surface area contributed by atoms with Gasteiger partial charge in [-0.05, 0) is 36.7 Å². The van der Waals surface area contributed by atoms with Crippen LogP contribution in [0.3, 0.4) is 0 Å². The fourth-order valence-electron chi connectivity index (χ4n) is 2.08. The van der Waals surface area contributed by atoms with E-state index in [9.17, 15) is 0 Å². The average Bonchev–Trinajstić information content (AvgIpc) is 2.28. The van der Waals surface area contributed by atoms with E-state index in [0.29, 0.717) is 5.92 Å². The molecule has 0 fully saturated rings. The molecule has 0 heterocycles. The Bertz CT molecular complexity index is 364. The summed E-state index contributed by atoms with van der Waals surface area (Å²) in [6, 6.07) is 6.67. The third kappa shape index (κ3) is 5.51. The minimum atomic E-state index is 0.710. The van der Waals surface area contributed by atoms with Gasteiger partial charge in [0.25, 0.3) is 0 Å². The molecule has 18 heavy (non-hydrogen) atoms. The van der Waals surface area contributed by atoms with Crippen LogP contribution in [0.15, 0.2) is 22.7 Å². The number of nitrogens with one attached hydrogen (secondary N) is 1. The molecule has 0 saturated heterocycles. The molecule has 0 bridgehead atoms. The van der Waals surface area contributed by atoms with Gasteiger partial charge in [0.1, 0.15) is 0 Å². The van der Waals surface area contributed by atoms with Crippen LogP contribution in [-0.4, -0.2) is 25.0 Å². The van der Waals surface area contributed by atoms with Crippen molar-refractivity contribution in [2.45, 2.75) is 33.9 Å². The summed E-state index contributed by atoms with van der Waals surface area (Å²) in [4.78, 5) is 2.37. The van der Waals surface area contributed by atoms with Crippen molar-refractivity contribution >= 4 is 15.9 Å². The van der Waals surface area contributed by atoms with Crippen molar-refractivity contribution in [3.63, 3.8) is 0 Å². The van der Waals surface area contributed by atoms with Gasteiger partial charge in [-0.15, -0.1) is 0 Å². The van der Waals surface area contributed by atoms with Crippen LogP contribution >= 0.6 is 15.9 Å². The van der Waals surface area contributed by atoms with Crippen LogP contribution in [0.4, 0.5) is 0 Å². The number of hydrogen-bond acceptors (Lipinski definition) is 2. The quantitative estimate of drug-likeness (QED) is 0.827. The Hall–Kier alpha value is -0.380. The number of nitrogens with zero attached hydrogens (tertiary/aromatic N) is 1. The summed E-state index contributed by atoms with van der Waals surface area (Å²) in [5.74, 6) is 0.710. The second kappa shape index (κ2) is 7.93. The van der Waals surface area contributed by atoms with Crippen LogP contribution in [0.25, 0.3) is 0 Å². The summed E-state index contributed by atoms with van der Waals surface area (Å²) in [5.41, 5.74) is 2.69. The molecule has 0 radical (unpaired) electrons. The molecule has 102 valence electrons. The van der Waals surface area contributed by atoms with Gasteiger partial charge in [0.05, 0.1) is 0 Å². The van der Waals surface area contributed by atoms with Crippen molar-refractivity contribution in [3.8, 4) is 0 Å². The fourth-order valence-corrected chi connectivity index (χ4v) is 2.63. The molecule has 0 aromatic heterocycles. The Morgan fingerprint density at radius 3 is 2.61 bits per heavy atom. The van der Waals surface area contributed by atoms with E-state index in [4.69, 9.17) is 0 Å². The molecule has 1 aromatic carbocycles. The summed E-state index contributed by atoms with van der Waals surface area (Å²) < 4.78 is 1.22. The predicted molar refractivity (Wildman–Crippen MR) is 82.7 cm³/mol. The Labute approximate surface area is 120 Å². The van der Waals surface area contributed by atoms with E-state index >= 15 is 0 Å². The molecule has 0 aliphatic carbocycles. The standard InChI is InChI=1S/C15H25BrN2/c1-5-17-9-13-6-7-14(15(16)8-13)11-18(4)10-12(2)3/h6-8,12,17H,5,9-11H2,1-4H3. The van der Waals surface area contributed by atoms with E-state index < -0.39 is 0 Å². The van der Waals surface area contributed by atoms with Crippen LogP contribution < -0.4 is 5.32 Å². The maximum Gasteiger partial charge on any atom is 0.0242 e. The van der Waals surface area contributed by atoms with Crippen molar-refractivity contribution < 1.29 is 0 Å². The highest BCUT2D eigenvalue weighted by molar-refractivity contribution is 9.10. The van der Waals surface area contributed by atoms with Crippen LogP contribution in [0.1, 0.15) is 31.9 Å². The van der Waals surface area contributed by atoms with Crippen molar-refractivity contribution in [2.75, 3.05) is 20.1 Å². The lowest BCUT2D eigenvalue weighted by molar-refractivity contribution is 0.288. The normalized spacial score (nSPS) is 11.5. The molecule has 0 aliphatic rings. The number of benzene rings is 1. The molecule has 0 amide bonds. The third-order valence-corrected chi connectivity index (χ3v) is 3.55. The summed E-state index contributed by atoms with van der Waals surface area (Å²) in [6.45, 7) is 10.7. The van der Waals surface area contributed by atoms with Gasteiger partial charge in [-0.25, -0.2) is 0 Å². The molecule has 0 unspecified atom stereocenters. The molecule has 1 aromatic rings. The van der Waals surface area contributed by atoms with E-state index in [0.717, 1.165) is 26.2 Å². The summed E-state index contributed by atoms with van der Waals surface area (Å²) in [6.07, 6.45) is 0. The minimum Gasteiger partial charge on any atom is -0.313 e. The van der Waals surface area contributed by atoms with Gasteiger partial charge in [-0.1, -0.05) is 48.8 Å². The fraction of sp³-hybridized carbons (Fsp3) is 0.600. The maximum atomic E-state index is 3.68. The van der Waals surface area contributed by atoms with E-state index in [2.05, 4.69) is 72.2 Å². The van der Waals surface area contributed by atoms with Gasteiger partial charge in [-0.2, -0.15) is 0 Å². The Balaban J connectivity index is 2.61. The van der Waals surface area contributed by atoms with Crippen molar-refractivity contribution in [3.05, 3.63) is 33.8 Å². The van der Waals surface area contributed by atoms with Gasteiger partial charge < -0.3 is 10.2 Å². The van der Waals surface area contributed by atoms with Gasteiger partial charge >= 0.3 is 0 Å². The topological polar surface area (TPSA) is 15.3 Å². The van der Waals surface area contributed by atoms with Crippen LogP contribution in [0, 0.1) is 5.92 Å². The lowest BCUT2D eigenvalue weighted by Crippen LogP contribution is -2.23. The first-order chi connectivity index (χ1) is 8.52. The number of halogens is 1. The van der Waals surface area contributed by atoms with Crippen molar-refractivity contribution in [2.24, 2.45) is 5.92 Å². The molecule has 0 atom stereocenters. The highest BCUT2D eigenvalue weighted by atomic mass is 79.9.